The van der Waals surface area contributed by atoms with Crippen molar-refractivity contribution in [2.45, 2.75) is 25.2 Å². The molecule has 1 atom stereocenters. The number of para-hydroxylation sites is 2. The number of nitrogens with zero attached hydrogens (tertiary/aromatic N) is 2. The lowest BCUT2D eigenvalue weighted by Gasteiger charge is -2.32. The van der Waals surface area contributed by atoms with Crippen LogP contribution in [0, 0.1) is 5.92 Å². The fourth-order valence-corrected chi connectivity index (χ4v) is 5.52. The molecule has 2 aliphatic rings. The third-order valence-corrected chi connectivity index (χ3v) is 6.95. The average molecular weight is 347 g/mol. The highest BCUT2D eigenvalue weighted by atomic mass is 32.2. The zero-order chi connectivity index (χ0) is 16.7. The Balaban J connectivity index is 1.40. The third-order valence-electron chi connectivity index (χ3n) is 5.18. The Hall–Kier alpha value is -1.89. The molecule has 0 spiro atoms. The number of hydrogen-bond acceptors (Lipinski definition) is 4. The molecule has 1 amide bonds. The Morgan fingerprint density at radius 1 is 1.17 bits per heavy atom. The minimum Gasteiger partial charge on any atom is -0.342 e. The van der Waals surface area contributed by atoms with Crippen LogP contribution in [-0.4, -0.2) is 53.8 Å². The largest absolute Gasteiger partial charge is 0.342 e. The quantitative estimate of drug-likeness (QED) is 0.896. The van der Waals surface area contributed by atoms with Gasteiger partial charge in [0, 0.05) is 19.0 Å². The second kappa shape index (κ2) is 5.88. The molecule has 6 nitrogen and oxygen atoms in total. The van der Waals surface area contributed by atoms with Crippen LogP contribution in [0.1, 0.15) is 31.0 Å². The number of likely N-dealkylation sites (tertiary alicyclic amines) is 1. The lowest BCUT2D eigenvalue weighted by atomic mass is 9.95. The van der Waals surface area contributed by atoms with Gasteiger partial charge < -0.3 is 9.88 Å². The molecule has 0 aliphatic carbocycles. The Labute approximate surface area is 141 Å². The van der Waals surface area contributed by atoms with Gasteiger partial charge in [0.1, 0.15) is 5.82 Å². The maximum Gasteiger partial charge on any atom is 0.226 e. The van der Waals surface area contributed by atoms with Crippen molar-refractivity contribution in [2.75, 3.05) is 24.6 Å². The van der Waals surface area contributed by atoms with Crippen LogP contribution in [0.2, 0.25) is 0 Å². The summed E-state index contributed by atoms with van der Waals surface area (Å²) in [6, 6.07) is 7.98. The molecule has 24 heavy (non-hydrogen) atoms. The SMILES string of the molecule is O=C([C@@H]1CCS(=O)(=O)C1)N1CCC(c2nc3ccccc3[nH]2)CC1. The van der Waals surface area contributed by atoms with Crippen molar-refractivity contribution in [3.05, 3.63) is 30.1 Å². The molecule has 7 heteroatoms. The molecule has 1 aromatic heterocycles. The van der Waals surface area contributed by atoms with Crippen LogP contribution >= 0.6 is 0 Å². The zero-order valence-electron chi connectivity index (χ0n) is 13.4. The summed E-state index contributed by atoms with van der Waals surface area (Å²) in [5.74, 6) is 1.17. The Kier molecular flexibility index (Phi) is 3.83. The first-order valence-corrected chi connectivity index (χ1v) is 10.3. The number of nitrogens with one attached hydrogen (secondary N) is 1. The molecule has 3 heterocycles. The van der Waals surface area contributed by atoms with Crippen LogP contribution in [0.15, 0.2) is 24.3 Å². The topological polar surface area (TPSA) is 83.1 Å². The molecule has 128 valence electrons. The van der Waals surface area contributed by atoms with Crippen LogP contribution in [-0.2, 0) is 14.6 Å². The van der Waals surface area contributed by atoms with Gasteiger partial charge in [0.25, 0.3) is 0 Å². The van der Waals surface area contributed by atoms with Crippen molar-refractivity contribution in [1.29, 1.82) is 0 Å². The van der Waals surface area contributed by atoms with Gasteiger partial charge in [-0.1, -0.05) is 12.1 Å². The number of aromatic amines is 1. The number of rotatable bonds is 2. The van der Waals surface area contributed by atoms with E-state index in [0.29, 0.717) is 25.4 Å². The summed E-state index contributed by atoms with van der Waals surface area (Å²) in [5.41, 5.74) is 2.02. The number of imidazole rings is 1. The summed E-state index contributed by atoms with van der Waals surface area (Å²) in [6.07, 6.45) is 2.21. The Morgan fingerprint density at radius 2 is 1.92 bits per heavy atom. The molecule has 2 aromatic rings. The molecule has 0 bridgehead atoms. The van der Waals surface area contributed by atoms with E-state index in [1.165, 1.54) is 0 Å². The van der Waals surface area contributed by atoms with E-state index in [-0.39, 0.29) is 23.3 Å². The van der Waals surface area contributed by atoms with Crippen molar-refractivity contribution < 1.29 is 13.2 Å². The molecule has 1 aromatic carbocycles. The van der Waals surface area contributed by atoms with Gasteiger partial charge in [-0.25, -0.2) is 13.4 Å². The first kappa shape index (κ1) is 15.6. The Bertz CT molecular complexity index is 833. The molecule has 2 aliphatic heterocycles. The molecular formula is C17H21N3O3S. The van der Waals surface area contributed by atoms with Gasteiger partial charge in [-0.05, 0) is 31.4 Å². The fraction of sp³-hybridized carbons (Fsp3) is 0.529. The van der Waals surface area contributed by atoms with Crippen molar-refractivity contribution >= 4 is 26.8 Å². The number of carbonyl (C=O) groups excluding carboxylic acids is 1. The Morgan fingerprint density at radius 3 is 2.58 bits per heavy atom. The summed E-state index contributed by atoms with van der Waals surface area (Å²) in [4.78, 5) is 22.4. The highest BCUT2D eigenvalue weighted by Crippen LogP contribution is 2.29. The summed E-state index contributed by atoms with van der Waals surface area (Å²) < 4.78 is 23.1. The van der Waals surface area contributed by atoms with Gasteiger partial charge >= 0.3 is 0 Å². The number of hydrogen-bond donors (Lipinski definition) is 1. The third kappa shape index (κ3) is 2.92. The number of fused-ring (bicyclic) bond motifs is 1. The zero-order valence-corrected chi connectivity index (χ0v) is 14.3. The van der Waals surface area contributed by atoms with E-state index in [2.05, 4.69) is 9.97 Å². The molecule has 2 saturated heterocycles. The molecule has 0 radical (unpaired) electrons. The minimum absolute atomic E-state index is 0.0131. The number of carbonyl (C=O) groups is 1. The number of benzene rings is 1. The van der Waals surface area contributed by atoms with E-state index in [1.54, 1.807) is 0 Å². The van der Waals surface area contributed by atoms with Gasteiger partial charge in [0.2, 0.25) is 5.91 Å². The van der Waals surface area contributed by atoms with E-state index in [4.69, 9.17) is 0 Å². The number of H-pyrrole nitrogens is 1. The predicted octanol–water partition coefficient (Wildman–Crippen LogP) is 1.70. The van der Waals surface area contributed by atoms with Crippen LogP contribution in [0.4, 0.5) is 0 Å². The highest BCUT2D eigenvalue weighted by molar-refractivity contribution is 7.91. The van der Waals surface area contributed by atoms with Crippen molar-refractivity contribution in [3.8, 4) is 0 Å². The van der Waals surface area contributed by atoms with Crippen LogP contribution in [0.3, 0.4) is 0 Å². The fourth-order valence-electron chi connectivity index (χ4n) is 3.79. The first-order chi connectivity index (χ1) is 11.5. The standard InChI is InChI=1S/C17H21N3O3S/c21-17(13-7-10-24(22,23)11-13)20-8-5-12(6-9-20)16-18-14-3-1-2-4-15(14)19-16/h1-4,12-13H,5-11H2,(H,18,19)/t13-/m1/s1. The van der Waals surface area contributed by atoms with Crippen molar-refractivity contribution in [1.82, 2.24) is 14.9 Å². The summed E-state index contributed by atoms with van der Waals surface area (Å²) in [6.45, 7) is 1.36. The van der Waals surface area contributed by atoms with E-state index in [1.807, 2.05) is 29.2 Å². The maximum atomic E-state index is 12.5. The van der Waals surface area contributed by atoms with Gasteiger partial charge in [0.15, 0.2) is 9.84 Å². The lowest BCUT2D eigenvalue weighted by molar-refractivity contribution is -0.135. The molecule has 0 saturated carbocycles. The van der Waals surface area contributed by atoms with Gasteiger partial charge in [-0.15, -0.1) is 0 Å². The van der Waals surface area contributed by atoms with E-state index in [9.17, 15) is 13.2 Å². The average Bonchev–Trinajstić information content (AvgIpc) is 3.17. The van der Waals surface area contributed by atoms with Gasteiger partial charge in [-0.3, -0.25) is 4.79 Å². The van der Waals surface area contributed by atoms with Crippen LogP contribution in [0.5, 0.6) is 0 Å². The molecule has 0 unspecified atom stereocenters. The van der Waals surface area contributed by atoms with Crippen molar-refractivity contribution in [2.24, 2.45) is 5.92 Å². The van der Waals surface area contributed by atoms with E-state index in [0.717, 1.165) is 29.7 Å². The molecular weight excluding hydrogens is 326 g/mol. The first-order valence-electron chi connectivity index (χ1n) is 8.46. The molecule has 4 rings (SSSR count). The second-order valence-electron chi connectivity index (χ2n) is 6.84. The van der Waals surface area contributed by atoms with Crippen LogP contribution < -0.4 is 0 Å². The van der Waals surface area contributed by atoms with Crippen LogP contribution in [0.25, 0.3) is 11.0 Å². The minimum atomic E-state index is -3.01. The van der Waals surface area contributed by atoms with Gasteiger partial charge in [0.05, 0.1) is 28.5 Å². The highest BCUT2D eigenvalue weighted by Gasteiger charge is 2.36. The summed E-state index contributed by atoms with van der Waals surface area (Å²) >= 11 is 0. The summed E-state index contributed by atoms with van der Waals surface area (Å²) in [5, 5.41) is 0. The lowest BCUT2D eigenvalue weighted by Crippen LogP contribution is -2.41. The number of piperidine rings is 1. The van der Waals surface area contributed by atoms with E-state index >= 15 is 0 Å². The number of sulfone groups is 1. The van der Waals surface area contributed by atoms with Crippen molar-refractivity contribution in [3.63, 3.8) is 0 Å². The van der Waals surface area contributed by atoms with Gasteiger partial charge in [-0.2, -0.15) is 0 Å². The maximum absolute atomic E-state index is 12.5. The summed E-state index contributed by atoms with van der Waals surface area (Å²) in [7, 11) is -3.01. The molecule has 2 fully saturated rings. The van der Waals surface area contributed by atoms with E-state index < -0.39 is 9.84 Å². The number of aromatic nitrogens is 2. The monoisotopic (exact) mass is 347 g/mol. The molecule has 1 N–H and O–H groups in total. The predicted molar refractivity (Wildman–Crippen MR) is 91.4 cm³/mol. The smallest absolute Gasteiger partial charge is 0.226 e. The normalized spacial score (nSPS) is 24.5. The number of amides is 1. The second-order valence-corrected chi connectivity index (χ2v) is 9.07.